The van der Waals surface area contributed by atoms with E-state index in [0.29, 0.717) is 5.69 Å². The van der Waals surface area contributed by atoms with E-state index in [1.165, 1.54) is 12.1 Å². The lowest BCUT2D eigenvalue weighted by Gasteiger charge is -2.04. The van der Waals surface area contributed by atoms with Crippen LogP contribution < -0.4 is 0 Å². The summed E-state index contributed by atoms with van der Waals surface area (Å²) in [5.41, 5.74) is 2.02. The van der Waals surface area contributed by atoms with Crippen LogP contribution in [0.1, 0.15) is 0 Å². The van der Waals surface area contributed by atoms with E-state index in [1.807, 2.05) is 24.3 Å². The summed E-state index contributed by atoms with van der Waals surface area (Å²) < 4.78 is 1.56. The molecular formula is C12H7ClN4O2. The molecule has 0 atom stereocenters. The number of nitro benzene ring substituents is 1. The highest BCUT2D eigenvalue weighted by molar-refractivity contribution is 6.32. The monoisotopic (exact) mass is 274 g/mol. The Hall–Kier alpha value is -2.47. The number of halogens is 1. The molecule has 6 nitrogen and oxygen atoms in total. The zero-order chi connectivity index (χ0) is 13.4. The maximum absolute atomic E-state index is 10.7. The number of nitrogens with zero attached hydrogens (tertiary/aromatic N) is 4. The maximum Gasteiger partial charge on any atom is 0.271 e. The number of aromatic nitrogens is 3. The quantitative estimate of drug-likeness (QED) is 0.532. The lowest BCUT2D eigenvalue weighted by Crippen LogP contribution is -1.98. The van der Waals surface area contributed by atoms with Crippen LogP contribution in [0, 0.1) is 10.1 Å². The Balaban J connectivity index is 2.19. The van der Waals surface area contributed by atoms with Crippen molar-refractivity contribution in [1.29, 1.82) is 0 Å². The lowest BCUT2D eigenvalue weighted by atomic mass is 10.2. The summed E-state index contributed by atoms with van der Waals surface area (Å²) in [6, 6.07) is 11.7. The van der Waals surface area contributed by atoms with E-state index in [2.05, 4.69) is 10.3 Å². The summed E-state index contributed by atoms with van der Waals surface area (Å²) >= 11 is 6.07. The minimum atomic E-state index is -0.491. The predicted molar refractivity (Wildman–Crippen MR) is 70.5 cm³/mol. The summed E-state index contributed by atoms with van der Waals surface area (Å²) in [5.74, 6) is 0. The largest absolute Gasteiger partial charge is 0.271 e. The SMILES string of the molecule is O=[N+]([O-])c1ccc(-n2nnc3ccccc32)c(Cl)c1. The fraction of sp³-hybridized carbons (Fsp3) is 0. The van der Waals surface area contributed by atoms with Crippen LogP contribution in [0.5, 0.6) is 0 Å². The van der Waals surface area contributed by atoms with Gasteiger partial charge in [-0.25, -0.2) is 4.68 Å². The molecule has 3 aromatic rings. The Morgan fingerprint density at radius 2 is 2.00 bits per heavy atom. The van der Waals surface area contributed by atoms with Crippen LogP contribution in [0.15, 0.2) is 42.5 Å². The molecule has 1 aromatic heterocycles. The minimum absolute atomic E-state index is 0.0572. The van der Waals surface area contributed by atoms with Crippen molar-refractivity contribution in [3.05, 3.63) is 57.6 Å². The van der Waals surface area contributed by atoms with Crippen molar-refractivity contribution in [2.75, 3.05) is 0 Å². The van der Waals surface area contributed by atoms with Gasteiger partial charge in [0.15, 0.2) is 0 Å². The minimum Gasteiger partial charge on any atom is -0.258 e. The smallest absolute Gasteiger partial charge is 0.258 e. The molecule has 1 heterocycles. The number of hydrogen-bond donors (Lipinski definition) is 0. The van der Waals surface area contributed by atoms with Crippen LogP contribution in [0.25, 0.3) is 16.7 Å². The van der Waals surface area contributed by atoms with Gasteiger partial charge in [0.05, 0.1) is 21.2 Å². The molecule has 3 rings (SSSR count). The van der Waals surface area contributed by atoms with E-state index < -0.39 is 4.92 Å². The van der Waals surface area contributed by atoms with E-state index in [1.54, 1.807) is 10.7 Å². The molecule has 0 spiro atoms. The summed E-state index contributed by atoms with van der Waals surface area (Å²) in [6.07, 6.45) is 0. The van der Waals surface area contributed by atoms with Crippen molar-refractivity contribution in [2.24, 2.45) is 0 Å². The summed E-state index contributed by atoms with van der Waals surface area (Å²) in [4.78, 5) is 10.2. The van der Waals surface area contributed by atoms with Gasteiger partial charge in [-0.3, -0.25) is 10.1 Å². The van der Waals surface area contributed by atoms with Crippen molar-refractivity contribution < 1.29 is 4.92 Å². The van der Waals surface area contributed by atoms with Crippen LogP contribution in [-0.2, 0) is 0 Å². The Bertz CT molecular complexity index is 784. The van der Waals surface area contributed by atoms with Crippen LogP contribution >= 0.6 is 11.6 Å². The third-order valence-electron chi connectivity index (χ3n) is 2.72. The molecule has 19 heavy (non-hydrogen) atoms. The first-order valence-corrected chi connectivity index (χ1v) is 5.79. The Kier molecular flexibility index (Phi) is 2.64. The van der Waals surface area contributed by atoms with Crippen molar-refractivity contribution in [1.82, 2.24) is 15.0 Å². The van der Waals surface area contributed by atoms with Crippen LogP contribution in [0.2, 0.25) is 5.02 Å². The Morgan fingerprint density at radius 3 is 2.74 bits per heavy atom. The Labute approximate surface area is 112 Å². The molecule has 0 amide bonds. The normalized spacial score (nSPS) is 10.8. The average Bonchev–Trinajstić information content (AvgIpc) is 2.82. The van der Waals surface area contributed by atoms with Gasteiger partial charge < -0.3 is 0 Å². The maximum atomic E-state index is 10.7. The second-order valence-electron chi connectivity index (χ2n) is 3.88. The summed E-state index contributed by atoms with van der Waals surface area (Å²) in [5, 5.41) is 19.0. The second kappa shape index (κ2) is 4.33. The molecule has 0 unspecified atom stereocenters. The van der Waals surface area contributed by atoms with Crippen LogP contribution in [0.3, 0.4) is 0 Å². The van der Waals surface area contributed by atoms with E-state index >= 15 is 0 Å². The second-order valence-corrected chi connectivity index (χ2v) is 4.29. The number of rotatable bonds is 2. The van der Waals surface area contributed by atoms with Crippen molar-refractivity contribution in [3.63, 3.8) is 0 Å². The highest BCUT2D eigenvalue weighted by atomic mass is 35.5. The van der Waals surface area contributed by atoms with Crippen molar-refractivity contribution in [2.45, 2.75) is 0 Å². The first kappa shape index (κ1) is 11.6. The highest BCUT2D eigenvalue weighted by Crippen LogP contribution is 2.27. The third-order valence-corrected chi connectivity index (χ3v) is 3.02. The molecule has 0 fully saturated rings. The van der Waals surface area contributed by atoms with Gasteiger partial charge in [0, 0.05) is 12.1 Å². The molecule has 0 aliphatic carbocycles. The Morgan fingerprint density at radius 1 is 1.21 bits per heavy atom. The van der Waals surface area contributed by atoms with E-state index in [4.69, 9.17) is 11.6 Å². The summed E-state index contributed by atoms with van der Waals surface area (Å²) in [7, 11) is 0. The van der Waals surface area contributed by atoms with Gasteiger partial charge in [0.25, 0.3) is 5.69 Å². The predicted octanol–water partition coefficient (Wildman–Crippen LogP) is 2.98. The van der Waals surface area contributed by atoms with E-state index in [9.17, 15) is 10.1 Å². The molecule has 94 valence electrons. The molecule has 0 N–H and O–H groups in total. The topological polar surface area (TPSA) is 73.8 Å². The fourth-order valence-corrected chi connectivity index (χ4v) is 2.08. The van der Waals surface area contributed by atoms with Gasteiger partial charge in [0.2, 0.25) is 0 Å². The number of fused-ring (bicyclic) bond motifs is 1. The van der Waals surface area contributed by atoms with Gasteiger partial charge in [0.1, 0.15) is 5.52 Å². The van der Waals surface area contributed by atoms with Gasteiger partial charge in [-0.1, -0.05) is 28.9 Å². The van der Waals surface area contributed by atoms with Crippen LogP contribution in [0.4, 0.5) is 5.69 Å². The molecule has 0 bridgehead atoms. The number of hydrogen-bond acceptors (Lipinski definition) is 4. The standard InChI is InChI=1S/C12H7ClN4O2/c13-9-7-8(17(18)19)5-6-11(9)16-12-4-2-1-3-10(12)14-15-16/h1-7H. The molecule has 0 radical (unpaired) electrons. The molecular weight excluding hydrogens is 268 g/mol. The molecule has 0 aliphatic rings. The van der Waals surface area contributed by atoms with E-state index in [0.717, 1.165) is 11.0 Å². The van der Waals surface area contributed by atoms with Gasteiger partial charge >= 0.3 is 0 Å². The van der Waals surface area contributed by atoms with Gasteiger partial charge in [-0.15, -0.1) is 5.10 Å². The molecule has 7 heteroatoms. The number of nitro groups is 1. The van der Waals surface area contributed by atoms with Gasteiger partial charge in [-0.2, -0.15) is 0 Å². The zero-order valence-electron chi connectivity index (χ0n) is 9.52. The fourth-order valence-electron chi connectivity index (χ4n) is 1.83. The van der Waals surface area contributed by atoms with Crippen molar-refractivity contribution in [3.8, 4) is 5.69 Å². The lowest BCUT2D eigenvalue weighted by molar-refractivity contribution is -0.384. The zero-order valence-corrected chi connectivity index (χ0v) is 10.3. The highest BCUT2D eigenvalue weighted by Gasteiger charge is 2.13. The molecule has 0 aliphatic heterocycles. The number of para-hydroxylation sites is 1. The average molecular weight is 275 g/mol. The number of non-ortho nitro benzene ring substituents is 1. The molecule has 0 saturated heterocycles. The molecule has 2 aromatic carbocycles. The van der Waals surface area contributed by atoms with Crippen molar-refractivity contribution >= 4 is 28.3 Å². The van der Waals surface area contributed by atoms with E-state index in [-0.39, 0.29) is 10.7 Å². The van der Waals surface area contributed by atoms with Gasteiger partial charge in [-0.05, 0) is 18.2 Å². The first-order valence-electron chi connectivity index (χ1n) is 5.41. The summed E-state index contributed by atoms with van der Waals surface area (Å²) in [6.45, 7) is 0. The third kappa shape index (κ3) is 1.92. The molecule has 0 saturated carbocycles. The first-order chi connectivity index (χ1) is 9.16. The number of benzene rings is 2. The van der Waals surface area contributed by atoms with Crippen LogP contribution in [-0.4, -0.2) is 19.9 Å².